The summed E-state index contributed by atoms with van der Waals surface area (Å²) in [4.78, 5) is 0. The van der Waals surface area contributed by atoms with E-state index in [-0.39, 0.29) is 58.9 Å². The standard InChI is InChI=1S/C66H97Si.3ClH.Ti/c1-7-13-19-26-37-56-45-57(38-27-20-14-8-2)50-63(49-56)67(66-44-34-43-62(66)48-55-35-32-25-33-36-55,64-51-58(39-28-21-15-9-3)46-59(52-64)40-29-22-16-10-4)65-53-60(41-30-23-17-11-5)47-61(54-65)42-31-24-18-12-6;;;;/h25,32-33,35-36,44-47,49-54H,7-24,26-31,34,37-42,48H2,1-6H3;3*1H;/q-1;;;;+4/p-3. The van der Waals surface area contributed by atoms with Crippen molar-refractivity contribution in [2.75, 3.05) is 0 Å². The van der Waals surface area contributed by atoms with E-state index in [1.54, 1.807) is 54.1 Å². The summed E-state index contributed by atoms with van der Waals surface area (Å²) in [6, 6.07) is 36.1. The van der Waals surface area contributed by atoms with Crippen molar-refractivity contribution in [1.29, 1.82) is 0 Å². The third-order valence-electron chi connectivity index (χ3n) is 14.9. The van der Waals surface area contributed by atoms with Gasteiger partial charge in [0.2, 0.25) is 0 Å². The number of aryl methyl sites for hydroxylation is 6. The molecule has 0 aliphatic heterocycles. The average molecular weight is 1070 g/mol. The zero-order valence-corrected chi connectivity index (χ0v) is 50.8. The predicted octanol–water partition coefficient (Wildman–Crippen LogP) is 8.74. The molecule has 5 rings (SSSR count). The van der Waals surface area contributed by atoms with Crippen LogP contribution in [0.2, 0.25) is 0 Å². The second-order valence-corrected chi connectivity index (χ2v) is 24.6. The molecule has 0 nitrogen and oxygen atoms in total. The normalized spacial score (nSPS) is 12.1. The summed E-state index contributed by atoms with van der Waals surface area (Å²) in [6.07, 6.45) is 47.0. The quantitative estimate of drug-likeness (QED) is 0.0185. The second-order valence-electron chi connectivity index (χ2n) is 20.9. The fourth-order valence-corrected chi connectivity index (χ4v) is 16.5. The van der Waals surface area contributed by atoms with Crippen molar-refractivity contribution in [3.8, 4) is 0 Å². The molecule has 0 aromatic heterocycles. The molecule has 0 amide bonds. The Bertz CT molecular complexity index is 1790. The third-order valence-corrected chi connectivity index (χ3v) is 19.7. The summed E-state index contributed by atoms with van der Waals surface area (Å²) in [5.41, 5.74) is 12.4. The molecule has 4 aromatic carbocycles. The molecule has 0 unspecified atom stereocenters. The van der Waals surface area contributed by atoms with Gasteiger partial charge in [0.25, 0.3) is 0 Å². The minimum absolute atomic E-state index is 0. The Labute approximate surface area is 472 Å². The van der Waals surface area contributed by atoms with Gasteiger partial charge in [0.1, 0.15) is 0 Å². The maximum absolute atomic E-state index is 4.11. The Hall–Kier alpha value is -1.84. The second kappa shape index (κ2) is 39.6. The summed E-state index contributed by atoms with van der Waals surface area (Å²) >= 11 is 0. The molecule has 0 radical (unpaired) electrons. The van der Waals surface area contributed by atoms with E-state index >= 15 is 0 Å². The number of unbranched alkanes of at least 4 members (excludes halogenated alkanes) is 18. The summed E-state index contributed by atoms with van der Waals surface area (Å²) < 4.78 is 0. The van der Waals surface area contributed by atoms with E-state index in [1.807, 2.05) is 0 Å². The van der Waals surface area contributed by atoms with Gasteiger partial charge in [-0.1, -0.05) is 258 Å². The van der Waals surface area contributed by atoms with Gasteiger partial charge in [-0.2, -0.15) is 11.3 Å². The van der Waals surface area contributed by atoms with E-state index in [4.69, 9.17) is 0 Å². The van der Waals surface area contributed by atoms with Gasteiger partial charge in [0.05, 0.1) is 8.07 Å². The fraction of sp³-hybridized carbons (Fsp3) is 0.576. The Kier molecular flexibility index (Phi) is 37.4. The van der Waals surface area contributed by atoms with Gasteiger partial charge in [-0.05, 0) is 122 Å². The van der Waals surface area contributed by atoms with Crippen LogP contribution >= 0.6 is 0 Å². The molecule has 1 aliphatic carbocycles. The van der Waals surface area contributed by atoms with Crippen LogP contribution in [0.15, 0.2) is 102 Å². The first kappa shape index (κ1) is 67.2. The molecule has 0 spiro atoms. The minimum Gasteiger partial charge on any atom is -1.00 e. The molecule has 0 saturated carbocycles. The van der Waals surface area contributed by atoms with Gasteiger partial charge >= 0.3 is 21.7 Å². The number of benzene rings is 4. The Morgan fingerprint density at radius 1 is 0.352 bits per heavy atom. The van der Waals surface area contributed by atoms with E-state index in [0.29, 0.717) is 0 Å². The number of halogens is 3. The molecule has 0 N–H and O–H groups in total. The van der Waals surface area contributed by atoms with Crippen LogP contribution in [0.25, 0.3) is 0 Å². The molecule has 4 aromatic rings. The van der Waals surface area contributed by atoms with Crippen LogP contribution in [0.5, 0.6) is 0 Å². The van der Waals surface area contributed by atoms with Gasteiger partial charge in [0, 0.05) is 0 Å². The zero-order valence-electron chi connectivity index (χ0n) is 45.9. The number of rotatable bonds is 36. The first-order valence-corrected chi connectivity index (χ1v) is 30.7. The maximum atomic E-state index is 4.11. The average Bonchev–Trinajstić information content (AvgIpc) is 3.80. The van der Waals surface area contributed by atoms with Crippen molar-refractivity contribution in [2.45, 2.75) is 247 Å². The number of hydrogen-bond donors (Lipinski definition) is 0. The number of hydrogen-bond acceptors (Lipinski definition) is 0. The predicted molar refractivity (Wildman–Crippen MR) is 301 cm³/mol. The smallest absolute Gasteiger partial charge is 1.00 e. The topological polar surface area (TPSA) is 0 Å². The number of allylic oxidation sites excluding steroid dienone is 4. The van der Waals surface area contributed by atoms with Crippen LogP contribution < -0.4 is 52.8 Å². The van der Waals surface area contributed by atoms with E-state index < -0.39 is 8.07 Å². The van der Waals surface area contributed by atoms with Crippen molar-refractivity contribution in [1.82, 2.24) is 0 Å². The minimum atomic E-state index is -2.96. The van der Waals surface area contributed by atoms with E-state index in [0.717, 1.165) is 12.8 Å². The van der Waals surface area contributed by atoms with E-state index in [9.17, 15) is 0 Å². The first-order chi connectivity index (χ1) is 33.0. The van der Waals surface area contributed by atoms with Gasteiger partial charge in [0.15, 0.2) is 0 Å². The van der Waals surface area contributed by atoms with Crippen molar-refractivity contribution in [2.24, 2.45) is 0 Å². The fourth-order valence-electron chi connectivity index (χ4n) is 11.1. The summed E-state index contributed by atoms with van der Waals surface area (Å²) in [7, 11) is -2.96. The van der Waals surface area contributed by atoms with Crippen LogP contribution in [0.3, 0.4) is 0 Å². The zero-order chi connectivity index (χ0) is 47.4. The van der Waals surface area contributed by atoms with Crippen molar-refractivity contribution in [3.05, 3.63) is 147 Å². The molecule has 1 aliphatic rings. The monoisotopic (exact) mass is 1070 g/mol. The van der Waals surface area contributed by atoms with Crippen LogP contribution in [-0.2, 0) is 66.7 Å². The van der Waals surface area contributed by atoms with Crippen LogP contribution in [0.4, 0.5) is 0 Å². The van der Waals surface area contributed by atoms with Crippen LogP contribution in [0.1, 0.15) is 241 Å². The third kappa shape index (κ3) is 22.1. The molecule has 71 heavy (non-hydrogen) atoms. The van der Waals surface area contributed by atoms with Gasteiger partial charge < -0.3 is 37.2 Å². The molecule has 0 bridgehead atoms. The van der Waals surface area contributed by atoms with E-state index in [1.165, 1.54) is 204 Å². The molecular formula is C66H97Cl3SiTi. The molecule has 0 atom stereocenters. The molecule has 0 heterocycles. The Morgan fingerprint density at radius 2 is 0.634 bits per heavy atom. The summed E-state index contributed by atoms with van der Waals surface area (Å²) in [5, 5.41) is 6.57. The molecule has 0 fully saturated rings. The van der Waals surface area contributed by atoms with Gasteiger partial charge in [-0.15, -0.1) is 6.42 Å². The van der Waals surface area contributed by atoms with Crippen LogP contribution in [-0.4, -0.2) is 8.07 Å². The molecule has 390 valence electrons. The Morgan fingerprint density at radius 3 is 0.901 bits per heavy atom. The van der Waals surface area contributed by atoms with E-state index in [2.05, 4.69) is 139 Å². The Balaban J connectivity index is 0.00000630. The van der Waals surface area contributed by atoms with Gasteiger partial charge in [-0.3, -0.25) is 6.08 Å². The van der Waals surface area contributed by atoms with Gasteiger partial charge in [-0.25, -0.2) is 5.57 Å². The first-order valence-electron chi connectivity index (χ1n) is 28.7. The molecule has 5 heteroatoms. The van der Waals surface area contributed by atoms with Crippen LogP contribution in [0, 0.1) is 6.08 Å². The SMILES string of the molecule is CCCCCCc1cc(CCCCCC)cc([Si](C2=CC[C-]=C2Cc2ccccc2)(c2cc(CCCCCC)cc(CCCCCC)c2)c2cc(CCCCCC)cc(CCCCCC)c2)c1.[Cl-].[Cl-].[Cl-].[Ti+4]. The van der Waals surface area contributed by atoms with Crippen molar-refractivity contribution < 1.29 is 58.9 Å². The summed E-state index contributed by atoms with van der Waals surface area (Å²) in [6.45, 7) is 14.1. The molecule has 0 saturated heterocycles. The molecular weight excluding hydrogens is 975 g/mol. The summed E-state index contributed by atoms with van der Waals surface area (Å²) in [5.74, 6) is 0. The van der Waals surface area contributed by atoms with Crippen molar-refractivity contribution in [3.63, 3.8) is 0 Å². The van der Waals surface area contributed by atoms with Crippen molar-refractivity contribution >= 4 is 23.6 Å². The maximum Gasteiger partial charge on any atom is 4.00 e. The largest absolute Gasteiger partial charge is 4.00 e.